The first-order valence-electron chi connectivity index (χ1n) is 15.1. The predicted octanol–water partition coefficient (Wildman–Crippen LogP) is 4.44. The molecule has 0 N–H and O–H groups in total. The van der Waals surface area contributed by atoms with E-state index in [0.29, 0.717) is 7.35 Å². The van der Waals surface area contributed by atoms with E-state index in [1.807, 2.05) is 0 Å². The van der Waals surface area contributed by atoms with Crippen LogP contribution in [-0.4, -0.2) is 0 Å². The minimum absolute atomic E-state index is 0. The minimum Gasteiger partial charge on any atom is -1.00 e. The zero-order valence-corrected chi connectivity index (χ0v) is 29.8. The predicted molar refractivity (Wildman–Crippen MR) is 172 cm³/mol. The van der Waals surface area contributed by atoms with E-state index >= 15 is 0 Å². The normalized spacial score (nSPS) is 17.6. The van der Waals surface area contributed by atoms with Crippen LogP contribution in [0.5, 0.6) is 0 Å². The molecule has 0 fully saturated rings. The van der Waals surface area contributed by atoms with Crippen molar-refractivity contribution in [3.05, 3.63) is 177 Å². The van der Waals surface area contributed by atoms with Gasteiger partial charge < -0.3 is 24.8 Å². The minimum atomic E-state index is -1.32. The summed E-state index contributed by atoms with van der Waals surface area (Å²) >= 11 is -1.32. The molecule has 1 heterocycles. The van der Waals surface area contributed by atoms with Gasteiger partial charge in [-0.3, -0.25) is 0 Å². The van der Waals surface area contributed by atoms with Gasteiger partial charge in [0.05, 0.1) is 0 Å². The molecule has 0 saturated carbocycles. The van der Waals surface area contributed by atoms with Gasteiger partial charge in [0, 0.05) is 0 Å². The Kier molecular flexibility index (Phi) is 7.56. The molecule has 212 valence electrons. The van der Waals surface area contributed by atoms with E-state index in [-0.39, 0.29) is 24.8 Å². The van der Waals surface area contributed by atoms with E-state index in [1.54, 1.807) is 22.3 Å². The fourth-order valence-corrected chi connectivity index (χ4v) is 15.2. The van der Waals surface area contributed by atoms with Crippen LogP contribution in [0.25, 0.3) is 32.7 Å². The molecule has 3 aliphatic rings. The Morgan fingerprint density at radius 3 is 1.36 bits per heavy atom. The number of halogens is 2. The van der Waals surface area contributed by atoms with Crippen molar-refractivity contribution < 1.29 is 47.7 Å². The number of hydrogen-bond acceptors (Lipinski definition) is 0. The molecule has 6 aromatic carbocycles. The van der Waals surface area contributed by atoms with E-state index in [4.69, 9.17) is 0 Å². The molecule has 3 heteroatoms. The summed E-state index contributed by atoms with van der Waals surface area (Å²) in [5, 5.41) is 5.41. The van der Waals surface area contributed by atoms with Gasteiger partial charge in [0.25, 0.3) is 0 Å². The van der Waals surface area contributed by atoms with Crippen LogP contribution in [0.1, 0.15) is 65.7 Å². The Hall–Kier alpha value is -3.23. The maximum atomic E-state index is 2.47. The summed E-state index contributed by atoms with van der Waals surface area (Å²) in [4.78, 5) is 0. The largest absolute Gasteiger partial charge is 1.00 e. The van der Waals surface area contributed by atoms with Crippen molar-refractivity contribution in [3.63, 3.8) is 0 Å². The summed E-state index contributed by atoms with van der Waals surface area (Å²) in [6.45, 7) is 4.93. The molecular weight excluding hydrogens is 742 g/mol. The van der Waals surface area contributed by atoms with Gasteiger partial charge in [-0.2, -0.15) is 0 Å². The molecule has 0 saturated heterocycles. The van der Waals surface area contributed by atoms with Crippen molar-refractivity contribution in [2.45, 2.75) is 27.6 Å². The SMILES string of the molecule is CC1=C(c2cccc3ccccc23)c2c3cccc2[CH]1[Hf+2][CH]1C(C)=C(c2cccc4ccccc24)c2c(cccc21)C3.[Cl-].[Cl-]. The van der Waals surface area contributed by atoms with Crippen LogP contribution in [-0.2, 0) is 29.3 Å². The van der Waals surface area contributed by atoms with E-state index in [9.17, 15) is 0 Å². The number of fused-ring (bicyclic) bond motifs is 2. The first kappa shape index (κ1) is 29.5. The molecule has 0 spiro atoms. The average molecular weight is 772 g/mol. The molecule has 6 aromatic rings. The van der Waals surface area contributed by atoms with Crippen molar-refractivity contribution >= 4 is 32.7 Å². The maximum absolute atomic E-state index is 2.47. The Morgan fingerprint density at radius 2 is 0.886 bits per heavy atom. The summed E-state index contributed by atoms with van der Waals surface area (Å²) < 4.78 is 1.19. The van der Waals surface area contributed by atoms with Crippen LogP contribution in [0, 0.1) is 0 Å². The molecule has 2 atom stereocenters. The van der Waals surface area contributed by atoms with Gasteiger partial charge in [-0.1, -0.05) is 0 Å². The van der Waals surface area contributed by atoms with Crippen molar-refractivity contribution in [2.24, 2.45) is 0 Å². The molecule has 2 aliphatic carbocycles. The molecule has 0 amide bonds. The number of benzene rings is 6. The van der Waals surface area contributed by atoms with Gasteiger partial charge in [0.15, 0.2) is 0 Å². The van der Waals surface area contributed by atoms with Gasteiger partial charge in [-0.25, -0.2) is 0 Å². The Labute approximate surface area is 283 Å². The molecule has 9 rings (SSSR count). The first-order valence-corrected chi connectivity index (χ1v) is 19.2. The van der Waals surface area contributed by atoms with Crippen molar-refractivity contribution in [1.29, 1.82) is 0 Å². The van der Waals surface area contributed by atoms with Gasteiger partial charge in [0.1, 0.15) is 0 Å². The monoisotopic (exact) mass is 772 g/mol. The molecule has 44 heavy (non-hydrogen) atoms. The van der Waals surface area contributed by atoms with Crippen molar-refractivity contribution in [3.8, 4) is 0 Å². The molecule has 2 unspecified atom stereocenters. The fourth-order valence-electron chi connectivity index (χ4n) is 8.16. The third-order valence-electron chi connectivity index (χ3n) is 9.97. The van der Waals surface area contributed by atoms with E-state index in [1.165, 1.54) is 66.1 Å². The van der Waals surface area contributed by atoms with E-state index in [2.05, 4.69) is 135 Å². The molecular formula is C41H30Cl2Hf. The topological polar surface area (TPSA) is 0 Å². The number of hydrogen-bond donors (Lipinski definition) is 0. The summed E-state index contributed by atoms with van der Waals surface area (Å²) in [5.41, 5.74) is 18.3. The summed E-state index contributed by atoms with van der Waals surface area (Å²) in [5.74, 6) is 0. The molecule has 0 aromatic heterocycles. The summed E-state index contributed by atoms with van der Waals surface area (Å²) in [7, 11) is 0. The van der Waals surface area contributed by atoms with Crippen molar-refractivity contribution in [2.75, 3.05) is 0 Å². The standard InChI is InChI=1S/C41H30.2ClH.Hf/c1-26-23-30-15-7-17-32(40(30)38(26)36-21-9-13-28-11-3-5-19-34(28)36)25-33-18-8-16-31-24-27(2)39(41(31)33)37-22-10-14-29-12-4-6-20-35(29)37;;;/h3-24H,25H2,1-2H3;2*1H;/q;;;+2/p-2. The van der Waals surface area contributed by atoms with Gasteiger partial charge in [-0.05, 0) is 0 Å². The molecule has 0 radical (unpaired) electrons. The van der Waals surface area contributed by atoms with Crippen LogP contribution in [0.3, 0.4) is 0 Å². The third-order valence-corrected chi connectivity index (χ3v) is 17.7. The van der Waals surface area contributed by atoms with E-state index in [0.717, 1.165) is 6.42 Å². The Balaban J connectivity index is 0.00000156. The smallest absolute Gasteiger partial charge is 1.00 e. The van der Waals surface area contributed by atoms with Crippen LogP contribution >= 0.6 is 0 Å². The molecule has 1 aliphatic heterocycles. The number of allylic oxidation sites excluding steroid dienone is 2. The zero-order chi connectivity index (χ0) is 27.9. The van der Waals surface area contributed by atoms with Crippen LogP contribution < -0.4 is 24.8 Å². The molecule has 0 nitrogen and oxygen atoms in total. The second kappa shape index (κ2) is 11.3. The Morgan fingerprint density at radius 1 is 0.477 bits per heavy atom. The van der Waals surface area contributed by atoms with Crippen LogP contribution in [0.15, 0.2) is 132 Å². The van der Waals surface area contributed by atoms with Crippen LogP contribution in [0.2, 0.25) is 0 Å². The van der Waals surface area contributed by atoms with Crippen molar-refractivity contribution in [1.82, 2.24) is 0 Å². The third kappa shape index (κ3) is 4.20. The van der Waals surface area contributed by atoms with Gasteiger partial charge in [-0.15, -0.1) is 0 Å². The summed E-state index contributed by atoms with van der Waals surface area (Å²) in [6, 6.07) is 46.1. The Bertz CT molecular complexity index is 2020. The van der Waals surface area contributed by atoms with Gasteiger partial charge >= 0.3 is 260 Å². The van der Waals surface area contributed by atoms with E-state index < -0.39 is 22.9 Å². The second-order valence-corrected chi connectivity index (χ2v) is 17.5. The summed E-state index contributed by atoms with van der Waals surface area (Å²) in [6.07, 6.45) is 0.961. The zero-order valence-electron chi connectivity index (χ0n) is 24.7. The first-order chi connectivity index (χ1) is 20.7. The maximum Gasteiger partial charge on any atom is -1.00 e. The number of rotatable bonds is 2. The fraction of sp³-hybridized carbons (Fsp3) is 0.122. The van der Waals surface area contributed by atoms with Gasteiger partial charge in [0.2, 0.25) is 0 Å². The average Bonchev–Trinajstić information content (AvgIpc) is 3.47. The molecule has 8 bridgehead atoms. The second-order valence-electron chi connectivity index (χ2n) is 12.1. The van der Waals surface area contributed by atoms with Crippen LogP contribution in [0.4, 0.5) is 0 Å². The quantitative estimate of drug-likeness (QED) is 0.229.